The van der Waals surface area contributed by atoms with Crippen LogP contribution in [0.3, 0.4) is 0 Å². The van der Waals surface area contributed by atoms with E-state index in [1.54, 1.807) is 26.8 Å². The van der Waals surface area contributed by atoms with Gasteiger partial charge in [0.25, 0.3) is 5.91 Å². The molecule has 1 aromatic heterocycles. The third-order valence-corrected chi connectivity index (χ3v) is 3.87. The van der Waals surface area contributed by atoms with Crippen LogP contribution in [-0.2, 0) is 4.79 Å². The normalized spacial score (nSPS) is 17.4. The Morgan fingerprint density at radius 2 is 2.05 bits per heavy atom. The van der Waals surface area contributed by atoms with Crippen molar-refractivity contribution in [1.82, 2.24) is 9.88 Å². The monoisotopic (exact) mass is 278 g/mol. The molecule has 1 heterocycles. The summed E-state index contributed by atoms with van der Waals surface area (Å²) < 4.78 is 1.96. The first-order valence-corrected chi connectivity index (χ1v) is 7.01. The van der Waals surface area contributed by atoms with E-state index in [9.17, 15) is 14.7 Å². The molecule has 20 heavy (non-hydrogen) atoms. The van der Waals surface area contributed by atoms with Gasteiger partial charge >= 0.3 is 5.97 Å². The Bertz CT molecular complexity index is 509. The summed E-state index contributed by atoms with van der Waals surface area (Å²) in [6, 6.07) is 3.05. The molecule has 1 aromatic rings. The number of hydrogen-bond donors (Lipinski definition) is 2. The summed E-state index contributed by atoms with van der Waals surface area (Å²) in [5.74, 6) is -1.32. The van der Waals surface area contributed by atoms with Crippen molar-refractivity contribution in [3.63, 3.8) is 0 Å². The molecule has 1 saturated carbocycles. The van der Waals surface area contributed by atoms with E-state index in [0.29, 0.717) is 11.7 Å². The van der Waals surface area contributed by atoms with E-state index in [4.69, 9.17) is 0 Å². The average Bonchev–Trinajstić information content (AvgIpc) is 2.69. The topological polar surface area (TPSA) is 71.3 Å². The van der Waals surface area contributed by atoms with Crippen LogP contribution in [0.5, 0.6) is 0 Å². The van der Waals surface area contributed by atoms with Crippen molar-refractivity contribution in [3.05, 3.63) is 24.0 Å². The molecule has 1 aliphatic rings. The van der Waals surface area contributed by atoms with Crippen LogP contribution in [0.1, 0.15) is 56.6 Å². The minimum absolute atomic E-state index is 0.316. The van der Waals surface area contributed by atoms with Gasteiger partial charge in [0.15, 0.2) is 0 Å². The molecule has 1 amide bonds. The molecule has 0 radical (unpaired) electrons. The lowest BCUT2D eigenvalue weighted by molar-refractivity contribution is -0.142. The van der Waals surface area contributed by atoms with E-state index in [1.165, 1.54) is 6.42 Å². The summed E-state index contributed by atoms with van der Waals surface area (Å²) in [7, 11) is 0. The lowest BCUT2D eigenvalue weighted by Gasteiger charge is -2.30. The molecule has 1 atom stereocenters. The van der Waals surface area contributed by atoms with Crippen LogP contribution in [0.4, 0.5) is 0 Å². The smallest absolute Gasteiger partial charge is 0.326 e. The number of carbonyl (C=O) groups excluding carboxylic acids is 1. The quantitative estimate of drug-likeness (QED) is 0.888. The minimum atomic E-state index is -1.01. The van der Waals surface area contributed by atoms with Crippen LogP contribution in [0.15, 0.2) is 18.3 Å². The summed E-state index contributed by atoms with van der Waals surface area (Å²) in [6.07, 6.45) is 5.24. The van der Waals surface area contributed by atoms with Gasteiger partial charge in [-0.05, 0) is 36.8 Å². The Morgan fingerprint density at radius 3 is 2.50 bits per heavy atom. The highest BCUT2D eigenvalue weighted by molar-refractivity contribution is 5.95. The molecule has 0 aromatic carbocycles. The van der Waals surface area contributed by atoms with Crippen LogP contribution in [0.2, 0.25) is 0 Å². The first-order chi connectivity index (χ1) is 9.30. The van der Waals surface area contributed by atoms with Gasteiger partial charge in [-0.1, -0.05) is 20.8 Å². The van der Waals surface area contributed by atoms with E-state index in [-0.39, 0.29) is 5.91 Å². The SMILES string of the molecule is CC(C)(C)[C@@H](NC(=O)c1cccn1C1CCC1)C(=O)O. The molecule has 5 nitrogen and oxygen atoms in total. The molecule has 0 bridgehead atoms. The number of hydrogen-bond acceptors (Lipinski definition) is 2. The molecule has 2 N–H and O–H groups in total. The molecule has 0 aliphatic heterocycles. The molecule has 0 spiro atoms. The molecule has 0 unspecified atom stereocenters. The van der Waals surface area contributed by atoms with Crippen molar-refractivity contribution in [1.29, 1.82) is 0 Å². The van der Waals surface area contributed by atoms with Gasteiger partial charge in [-0.3, -0.25) is 4.79 Å². The Morgan fingerprint density at radius 1 is 1.40 bits per heavy atom. The molecular formula is C15H22N2O3. The van der Waals surface area contributed by atoms with Crippen LogP contribution < -0.4 is 5.32 Å². The van der Waals surface area contributed by atoms with Crippen molar-refractivity contribution >= 4 is 11.9 Å². The lowest BCUT2D eigenvalue weighted by atomic mass is 9.86. The zero-order chi connectivity index (χ0) is 14.9. The number of rotatable bonds is 4. The molecule has 1 fully saturated rings. The first kappa shape index (κ1) is 14.6. The number of nitrogens with zero attached hydrogens (tertiary/aromatic N) is 1. The van der Waals surface area contributed by atoms with Gasteiger partial charge < -0.3 is 15.0 Å². The maximum absolute atomic E-state index is 12.3. The van der Waals surface area contributed by atoms with Crippen molar-refractivity contribution in [2.75, 3.05) is 0 Å². The van der Waals surface area contributed by atoms with Crippen molar-refractivity contribution in [2.45, 2.75) is 52.1 Å². The van der Waals surface area contributed by atoms with Crippen LogP contribution in [-0.4, -0.2) is 27.6 Å². The summed E-state index contributed by atoms with van der Waals surface area (Å²) in [6.45, 7) is 5.41. The van der Waals surface area contributed by atoms with Crippen molar-refractivity contribution < 1.29 is 14.7 Å². The summed E-state index contributed by atoms with van der Waals surface area (Å²) in [5, 5.41) is 11.9. The number of carboxylic acids is 1. The van der Waals surface area contributed by atoms with E-state index in [0.717, 1.165) is 12.8 Å². The van der Waals surface area contributed by atoms with Gasteiger partial charge in [-0.2, -0.15) is 0 Å². The fourth-order valence-corrected chi connectivity index (χ4v) is 2.42. The number of amides is 1. The number of carboxylic acid groups (broad SMARTS) is 1. The maximum Gasteiger partial charge on any atom is 0.326 e. The highest BCUT2D eigenvalue weighted by atomic mass is 16.4. The summed E-state index contributed by atoms with van der Waals surface area (Å²) in [5.41, 5.74) is 0.0141. The van der Waals surface area contributed by atoms with Gasteiger partial charge in [0.1, 0.15) is 11.7 Å². The third-order valence-electron chi connectivity index (χ3n) is 3.87. The lowest BCUT2D eigenvalue weighted by Crippen LogP contribution is -2.49. The average molecular weight is 278 g/mol. The first-order valence-electron chi connectivity index (χ1n) is 7.01. The van der Waals surface area contributed by atoms with Crippen LogP contribution in [0.25, 0.3) is 0 Å². The molecule has 0 saturated heterocycles. The fourth-order valence-electron chi connectivity index (χ4n) is 2.42. The largest absolute Gasteiger partial charge is 0.480 e. The number of carbonyl (C=O) groups is 2. The molecular weight excluding hydrogens is 256 g/mol. The minimum Gasteiger partial charge on any atom is -0.480 e. The number of nitrogens with one attached hydrogen (secondary N) is 1. The Hall–Kier alpha value is -1.78. The van der Waals surface area contributed by atoms with Gasteiger partial charge in [0, 0.05) is 12.2 Å². The second-order valence-corrected chi connectivity index (χ2v) is 6.50. The highest BCUT2D eigenvalue weighted by Gasteiger charge is 2.33. The van der Waals surface area contributed by atoms with Gasteiger partial charge in [0.05, 0.1) is 0 Å². The zero-order valence-corrected chi connectivity index (χ0v) is 12.2. The zero-order valence-electron chi connectivity index (χ0n) is 12.2. The molecule has 110 valence electrons. The third kappa shape index (κ3) is 2.86. The molecule has 1 aliphatic carbocycles. The van der Waals surface area contributed by atoms with Crippen molar-refractivity contribution in [3.8, 4) is 0 Å². The van der Waals surface area contributed by atoms with E-state index in [2.05, 4.69) is 5.32 Å². The second kappa shape index (κ2) is 5.31. The van der Waals surface area contributed by atoms with Crippen LogP contribution >= 0.6 is 0 Å². The standard InChI is InChI=1S/C15H22N2O3/c1-15(2,3)12(14(19)20)16-13(18)11-8-5-9-17(11)10-6-4-7-10/h5,8-10,12H,4,6-7H2,1-3H3,(H,16,18)(H,19,20)/t12-/m0/s1. The predicted octanol–water partition coefficient (Wildman–Crippen LogP) is 2.44. The number of aromatic nitrogens is 1. The van der Waals surface area contributed by atoms with E-state index < -0.39 is 17.4 Å². The second-order valence-electron chi connectivity index (χ2n) is 6.50. The van der Waals surface area contributed by atoms with Gasteiger partial charge in [-0.15, -0.1) is 0 Å². The Labute approximate surface area is 119 Å². The summed E-state index contributed by atoms with van der Waals surface area (Å²) in [4.78, 5) is 23.7. The van der Waals surface area contributed by atoms with Gasteiger partial charge in [-0.25, -0.2) is 4.79 Å². The van der Waals surface area contributed by atoms with E-state index >= 15 is 0 Å². The Kier molecular flexibility index (Phi) is 3.88. The predicted molar refractivity (Wildman–Crippen MR) is 75.7 cm³/mol. The van der Waals surface area contributed by atoms with E-state index in [1.807, 2.05) is 16.8 Å². The Balaban J connectivity index is 2.15. The molecule has 2 rings (SSSR count). The highest BCUT2D eigenvalue weighted by Crippen LogP contribution is 2.32. The van der Waals surface area contributed by atoms with Gasteiger partial charge in [0.2, 0.25) is 0 Å². The fraction of sp³-hybridized carbons (Fsp3) is 0.600. The molecule has 5 heteroatoms. The maximum atomic E-state index is 12.3. The number of aliphatic carboxylic acids is 1. The summed E-state index contributed by atoms with van der Waals surface area (Å²) >= 11 is 0. The van der Waals surface area contributed by atoms with Crippen molar-refractivity contribution in [2.24, 2.45) is 5.41 Å². The van der Waals surface area contributed by atoms with Crippen LogP contribution in [0, 0.1) is 5.41 Å².